The summed E-state index contributed by atoms with van der Waals surface area (Å²) >= 11 is 0. The first-order valence-electron chi connectivity index (χ1n) is 12.4. The van der Waals surface area contributed by atoms with Gasteiger partial charge in [0.15, 0.2) is 0 Å². The number of aromatic nitrogens is 2. The molecule has 4 rings (SSSR count). The van der Waals surface area contributed by atoms with Crippen LogP contribution in [-0.4, -0.2) is 42.8 Å². The van der Waals surface area contributed by atoms with Crippen LogP contribution in [0, 0.1) is 5.95 Å². The molecule has 0 bridgehead atoms. The van der Waals surface area contributed by atoms with E-state index in [0.29, 0.717) is 30.6 Å². The van der Waals surface area contributed by atoms with Crippen LogP contribution in [0.4, 0.5) is 4.39 Å². The summed E-state index contributed by atoms with van der Waals surface area (Å²) in [4.78, 5) is 11.2. The molecule has 0 saturated heterocycles. The number of amides is 1. The summed E-state index contributed by atoms with van der Waals surface area (Å²) in [6.45, 7) is 3.87. The number of nitrogens with zero attached hydrogens (tertiary/aromatic N) is 1. The Balaban J connectivity index is 1.56. The lowest BCUT2D eigenvalue weighted by Crippen LogP contribution is -2.21. The van der Waals surface area contributed by atoms with Gasteiger partial charge in [0.1, 0.15) is 12.4 Å². The zero-order valence-electron chi connectivity index (χ0n) is 21.1. The van der Waals surface area contributed by atoms with Crippen LogP contribution >= 0.6 is 0 Å². The maximum absolute atomic E-state index is 14.3. The number of benzene rings is 3. The van der Waals surface area contributed by atoms with E-state index in [1.54, 1.807) is 13.1 Å². The van der Waals surface area contributed by atoms with Crippen molar-refractivity contribution in [2.75, 3.05) is 26.7 Å². The van der Waals surface area contributed by atoms with Gasteiger partial charge in [-0.15, -0.1) is 0 Å². The number of H-pyrrole nitrogens is 1. The van der Waals surface area contributed by atoms with Crippen LogP contribution in [-0.2, 0) is 4.79 Å². The fourth-order valence-electron chi connectivity index (χ4n) is 4.21. The van der Waals surface area contributed by atoms with Gasteiger partial charge in [-0.3, -0.25) is 9.89 Å². The Morgan fingerprint density at radius 1 is 1.03 bits per heavy atom. The molecule has 1 amide bonds. The third-order valence-corrected chi connectivity index (χ3v) is 6.04. The number of ether oxygens (including phenoxy) is 1. The second-order valence-corrected chi connectivity index (χ2v) is 8.44. The number of nitrogens with one attached hydrogen (secondary N) is 3. The average Bonchev–Trinajstić information content (AvgIpc) is 3.31. The van der Waals surface area contributed by atoms with E-state index in [0.717, 1.165) is 34.4 Å². The molecule has 190 valence electrons. The van der Waals surface area contributed by atoms with E-state index in [2.05, 4.69) is 39.9 Å². The zero-order chi connectivity index (χ0) is 26.0. The van der Waals surface area contributed by atoms with Gasteiger partial charge in [-0.1, -0.05) is 61.5 Å². The highest BCUT2D eigenvalue weighted by Crippen LogP contribution is 2.36. The molecule has 3 aromatic carbocycles. The molecule has 0 fully saturated rings. The van der Waals surface area contributed by atoms with Gasteiger partial charge in [0, 0.05) is 26.2 Å². The van der Waals surface area contributed by atoms with E-state index < -0.39 is 5.95 Å². The topological polar surface area (TPSA) is 79.0 Å². The number of rotatable bonds is 11. The van der Waals surface area contributed by atoms with E-state index in [1.165, 1.54) is 11.6 Å². The predicted octanol–water partition coefficient (Wildman–Crippen LogP) is 5.34. The second-order valence-electron chi connectivity index (χ2n) is 8.44. The average molecular weight is 499 g/mol. The molecular formula is C30H31FN4O2. The molecule has 7 heteroatoms. The van der Waals surface area contributed by atoms with Crippen LogP contribution in [0.25, 0.3) is 22.0 Å². The van der Waals surface area contributed by atoms with Crippen LogP contribution in [0.5, 0.6) is 5.75 Å². The SMILES string of the molecule is CC/C(=C(/c1ccc(OCCNCC=CC(=O)NC)cc1)c1ccc2n[nH]c(F)c2c1)c1ccccc1. The molecule has 6 nitrogen and oxygen atoms in total. The lowest BCUT2D eigenvalue weighted by molar-refractivity contribution is -0.116. The first kappa shape index (κ1) is 25.9. The van der Waals surface area contributed by atoms with Crippen LogP contribution in [0.2, 0.25) is 0 Å². The molecule has 0 aliphatic carbocycles. The molecule has 0 aliphatic heterocycles. The maximum atomic E-state index is 14.3. The van der Waals surface area contributed by atoms with Crippen molar-refractivity contribution in [3.8, 4) is 5.75 Å². The zero-order valence-corrected chi connectivity index (χ0v) is 21.1. The number of halogens is 1. The first-order chi connectivity index (χ1) is 18.1. The number of carbonyl (C=O) groups excluding carboxylic acids is 1. The number of likely N-dealkylation sites (N-methyl/N-ethyl adjacent to an activating group) is 1. The van der Waals surface area contributed by atoms with Crippen molar-refractivity contribution in [3.05, 3.63) is 108 Å². The van der Waals surface area contributed by atoms with Crippen molar-refractivity contribution >= 4 is 28.0 Å². The van der Waals surface area contributed by atoms with Crippen molar-refractivity contribution in [1.29, 1.82) is 0 Å². The highest BCUT2D eigenvalue weighted by Gasteiger charge is 2.15. The summed E-state index contributed by atoms with van der Waals surface area (Å²) < 4.78 is 20.2. The lowest BCUT2D eigenvalue weighted by Gasteiger charge is -2.17. The Bertz CT molecular complexity index is 1390. The predicted molar refractivity (Wildman–Crippen MR) is 147 cm³/mol. The third kappa shape index (κ3) is 6.51. The van der Waals surface area contributed by atoms with Crippen molar-refractivity contribution in [1.82, 2.24) is 20.8 Å². The summed E-state index contributed by atoms with van der Waals surface area (Å²) in [6, 6.07) is 23.9. The summed E-state index contributed by atoms with van der Waals surface area (Å²) in [7, 11) is 1.60. The molecule has 0 aliphatic rings. The fraction of sp³-hybridized carbons (Fsp3) is 0.200. The monoisotopic (exact) mass is 498 g/mol. The van der Waals surface area contributed by atoms with Crippen LogP contribution in [0.15, 0.2) is 84.9 Å². The summed E-state index contributed by atoms with van der Waals surface area (Å²) in [5.74, 6) is 0.204. The molecule has 3 N–H and O–H groups in total. The molecule has 1 heterocycles. The molecule has 1 aromatic heterocycles. The van der Waals surface area contributed by atoms with Gasteiger partial charge in [0.25, 0.3) is 0 Å². The number of carbonyl (C=O) groups is 1. The summed E-state index contributed by atoms with van der Waals surface area (Å²) in [6.07, 6.45) is 4.08. The fourth-order valence-corrected chi connectivity index (χ4v) is 4.21. The Kier molecular flexibility index (Phi) is 8.84. The standard InChI is InChI=1S/C30H31FN4O2/c1-3-25(21-8-5-4-6-9-21)29(23-13-16-27-26(20-23)30(31)35-34-27)22-11-14-24(15-12-22)37-19-18-33-17-7-10-28(36)32-2/h4-16,20,33H,3,17-19H2,1-2H3,(H,32,36)(H,34,35)/b10-7?,29-25+. The van der Waals surface area contributed by atoms with Gasteiger partial charge < -0.3 is 15.4 Å². The summed E-state index contributed by atoms with van der Waals surface area (Å²) in [5.41, 5.74) is 5.90. The number of fused-ring (bicyclic) bond motifs is 1. The van der Waals surface area contributed by atoms with Gasteiger partial charge >= 0.3 is 0 Å². The van der Waals surface area contributed by atoms with Gasteiger partial charge in [-0.25, -0.2) is 0 Å². The van der Waals surface area contributed by atoms with E-state index in [9.17, 15) is 9.18 Å². The summed E-state index contributed by atoms with van der Waals surface area (Å²) in [5, 5.41) is 12.7. The van der Waals surface area contributed by atoms with Gasteiger partial charge in [-0.05, 0) is 58.5 Å². The third-order valence-electron chi connectivity index (χ3n) is 6.04. The van der Waals surface area contributed by atoms with Gasteiger partial charge in [-0.2, -0.15) is 9.49 Å². The largest absolute Gasteiger partial charge is 0.492 e. The number of hydrogen-bond donors (Lipinski definition) is 3. The number of hydrogen-bond acceptors (Lipinski definition) is 4. The minimum atomic E-state index is -0.435. The highest BCUT2D eigenvalue weighted by atomic mass is 19.1. The molecule has 0 radical (unpaired) electrons. The smallest absolute Gasteiger partial charge is 0.243 e. The Morgan fingerprint density at radius 2 is 1.78 bits per heavy atom. The molecule has 0 atom stereocenters. The highest BCUT2D eigenvalue weighted by molar-refractivity contribution is 6.00. The maximum Gasteiger partial charge on any atom is 0.243 e. The molecule has 0 unspecified atom stereocenters. The van der Waals surface area contributed by atoms with Crippen molar-refractivity contribution in [3.63, 3.8) is 0 Å². The van der Waals surface area contributed by atoms with E-state index >= 15 is 0 Å². The molecular weight excluding hydrogens is 467 g/mol. The van der Waals surface area contributed by atoms with E-state index in [4.69, 9.17) is 4.74 Å². The lowest BCUT2D eigenvalue weighted by atomic mass is 9.88. The Labute approximate surface area is 216 Å². The molecule has 0 spiro atoms. The van der Waals surface area contributed by atoms with Crippen molar-refractivity contribution in [2.24, 2.45) is 0 Å². The second kappa shape index (κ2) is 12.6. The normalized spacial score (nSPS) is 12.1. The number of allylic oxidation sites excluding steroid dienone is 1. The Hall–Kier alpha value is -4.23. The van der Waals surface area contributed by atoms with Crippen LogP contribution in [0.3, 0.4) is 0 Å². The first-order valence-corrected chi connectivity index (χ1v) is 12.4. The van der Waals surface area contributed by atoms with Crippen LogP contribution in [0.1, 0.15) is 30.0 Å². The quantitative estimate of drug-likeness (QED) is 0.148. The van der Waals surface area contributed by atoms with Gasteiger partial charge in [0.05, 0.1) is 10.9 Å². The minimum absolute atomic E-state index is 0.125. The van der Waals surface area contributed by atoms with Gasteiger partial charge in [0.2, 0.25) is 11.9 Å². The van der Waals surface area contributed by atoms with Crippen LogP contribution < -0.4 is 15.4 Å². The van der Waals surface area contributed by atoms with E-state index in [-0.39, 0.29) is 5.91 Å². The van der Waals surface area contributed by atoms with Crippen molar-refractivity contribution in [2.45, 2.75) is 13.3 Å². The molecule has 0 saturated carbocycles. The molecule has 37 heavy (non-hydrogen) atoms. The van der Waals surface area contributed by atoms with E-state index in [1.807, 2.05) is 60.7 Å². The molecule has 4 aromatic rings. The van der Waals surface area contributed by atoms with Crippen molar-refractivity contribution < 1.29 is 13.9 Å². The number of aromatic amines is 1. The minimum Gasteiger partial charge on any atom is -0.492 e. The Morgan fingerprint density at radius 3 is 2.51 bits per heavy atom.